The van der Waals surface area contributed by atoms with Crippen LogP contribution in [0, 0.1) is 0 Å². The third kappa shape index (κ3) is 14.9. The van der Waals surface area contributed by atoms with E-state index in [2.05, 4.69) is 440 Å². The predicted molar refractivity (Wildman–Crippen MR) is 544 cm³/mol. The van der Waals surface area contributed by atoms with Crippen LogP contribution in [0.1, 0.15) is 0 Å². The number of rotatable bonds is 12. The summed E-state index contributed by atoms with van der Waals surface area (Å²) < 4.78 is 0. The lowest BCUT2D eigenvalue weighted by Crippen LogP contribution is -1.93. The third-order valence-electron chi connectivity index (χ3n) is 25.3. The molecule has 606 valence electrons. The van der Waals surface area contributed by atoms with E-state index in [9.17, 15) is 0 Å². The molecule has 0 atom stereocenters. The van der Waals surface area contributed by atoms with Crippen LogP contribution in [0.4, 0.5) is 0 Å². The van der Waals surface area contributed by atoms with Gasteiger partial charge in [-0.15, -0.1) is 0 Å². The Labute approximate surface area is 752 Å². The van der Waals surface area contributed by atoms with Crippen LogP contribution in [0.25, 0.3) is 242 Å². The highest BCUT2D eigenvalue weighted by atomic mass is 14.7. The van der Waals surface area contributed by atoms with Gasteiger partial charge in [-0.2, -0.15) is 0 Å². The van der Waals surface area contributed by atoms with Crippen LogP contribution in [0.5, 0.6) is 0 Å². The molecule has 0 unspecified atom stereocenters. The van der Waals surface area contributed by atoms with Crippen molar-refractivity contribution in [2.75, 3.05) is 0 Å². The minimum absolute atomic E-state index is 0.922. The quantitative estimate of drug-likeness (QED) is 0.120. The van der Waals surface area contributed by atoms with E-state index in [1.165, 1.54) is 120 Å². The van der Waals surface area contributed by atoms with Gasteiger partial charge in [0.25, 0.3) is 0 Å². The van der Waals surface area contributed by atoms with Gasteiger partial charge in [-0.05, 0) is 251 Å². The highest BCUT2D eigenvalue weighted by molar-refractivity contribution is 6.10. The molecule has 130 heavy (non-hydrogen) atoms. The molecule has 0 saturated carbocycles. The molecule has 7 aromatic heterocycles. The molecule has 7 heteroatoms. The maximum Gasteiger partial charge on any atom is 0.0722 e. The molecule has 0 amide bonds. The first-order valence-electron chi connectivity index (χ1n) is 44.0. The van der Waals surface area contributed by atoms with Gasteiger partial charge in [0.05, 0.1) is 44.8 Å². The minimum Gasteiger partial charge on any atom is -0.265 e. The average molecular weight is 1660 g/mol. The van der Waals surface area contributed by atoms with Crippen molar-refractivity contribution in [3.8, 4) is 134 Å². The van der Waals surface area contributed by atoms with E-state index in [4.69, 9.17) is 19.9 Å². The predicted octanol–water partition coefficient (Wildman–Crippen LogP) is 32.4. The van der Waals surface area contributed by atoms with E-state index in [1.54, 1.807) is 12.4 Å². The first-order chi connectivity index (χ1) is 64.4. The zero-order valence-corrected chi connectivity index (χ0v) is 70.7. The lowest BCUT2D eigenvalue weighted by molar-refractivity contribution is 1.29. The second kappa shape index (κ2) is 33.9. The van der Waals surface area contributed by atoms with E-state index in [0.717, 1.165) is 122 Å². The lowest BCUT2D eigenvalue weighted by Gasteiger charge is -2.15. The molecule has 7 heterocycles. The molecule has 0 aliphatic heterocycles. The van der Waals surface area contributed by atoms with Crippen LogP contribution >= 0.6 is 0 Å². The van der Waals surface area contributed by atoms with Gasteiger partial charge < -0.3 is 0 Å². The highest BCUT2D eigenvalue weighted by Gasteiger charge is 2.21. The number of benzene rings is 18. The molecule has 0 aliphatic carbocycles. The minimum atomic E-state index is 0.922. The molecular formula is C123H79N7. The molecular weight excluding hydrogens is 1580 g/mol. The van der Waals surface area contributed by atoms with Gasteiger partial charge >= 0.3 is 0 Å². The summed E-state index contributed by atoms with van der Waals surface area (Å²) in [6, 6.07) is 158. The molecule has 0 fully saturated rings. The fraction of sp³-hybridized carbons (Fsp3) is 0. The molecule has 25 aromatic rings. The van der Waals surface area contributed by atoms with Gasteiger partial charge in [0.1, 0.15) is 0 Å². The van der Waals surface area contributed by atoms with Crippen molar-refractivity contribution < 1.29 is 0 Å². The van der Waals surface area contributed by atoms with Crippen molar-refractivity contribution in [2.45, 2.75) is 0 Å². The molecule has 0 saturated heterocycles. The SMILES string of the molecule is c1cc(-c2ccncc2)cc(-c2cc(-c3cccc4ccccc34)nc3ccc(-c4cccc5ccccc45)cc23)c1.c1ccc2c(-c3ccc4nc(-c5cccc6ccccc56)cc(-c5ccc(-c6ccnc7ccccc67)cc5)c4c3)cccc2c1.c1ccc2c(-c3ccc4nc(-c5cccc6ccccc56)cc(-c5ccc(-c6ccncc6)nc5)c4c3)cccc2c1. The lowest BCUT2D eigenvalue weighted by atomic mass is 9.92. The van der Waals surface area contributed by atoms with E-state index in [0.29, 0.717) is 0 Å². The van der Waals surface area contributed by atoms with E-state index in [-0.39, 0.29) is 0 Å². The van der Waals surface area contributed by atoms with Crippen molar-refractivity contribution in [3.63, 3.8) is 0 Å². The summed E-state index contributed by atoms with van der Waals surface area (Å²) in [4.78, 5) is 33.5. The Kier molecular flexibility index (Phi) is 20.2. The number of hydrogen-bond donors (Lipinski definition) is 0. The molecule has 0 N–H and O–H groups in total. The Bertz CT molecular complexity index is 8640. The molecule has 0 bridgehead atoms. The fourth-order valence-electron chi connectivity index (χ4n) is 18.9. The van der Waals surface area contributed by atoms with Gasteiger partial charge in [0.15, 0.2) is 0 Å². The van der Waals surface area contributed by atoms with Crippen LogP contribution in [0.3, 0.4) is 0 Å². The Balaban J connectivity index is 0.000000111. The second-order valence-electron chi connectivity index (χ2n) is 33.0. The molecule has 7 nitrogen and oxygen atoms in total. The molecule has 0 radical (unpaired) electrons. The van der Waals surface area contributed by atoms with Crippen molar-refractivity contribution >= 4 is 108 Å². The van der Waals surface area contributed by atoms with Gasteiger partial charge in [-0.25, -0.2) is 15.0 Å². The Morgan fingerprint density at radius 2 is 0.431 bits per heavy atom. The summed E-state index contributed by atoms with van der Waals surface area (Å²) in [6.07, 6.45) is 11.2. The summed E-state index contributed by atoms with van der Waals surface area (Å²) in [5, 5.41) is 19.2. The Morgan fingerprint density at radius 3 is 0.838 bits per heavy atom. The molecule has 25 rings (SSSR count). The molecule has 18 aromatic carbocycles. The first kappa shape index (κ1) is 77.4. The number of aromatic nitrogens is 7. The summed E-state index contributed by atoms with van der Waals surface area (Å²) in [5.41, 5.74) is 30.9. The summed E-state index contributed by atoms with van der Waals surface area (Å²) in [7, 11) is 0. The van der Waals surface area contributed by atoms with Crippen molar-refractivity contribution in [1.82, 2.24) is 34.9 Å². The Hall–Kier alpha value is -17.4. The van der Waals surface area contributed by atoms with E-state index in [1.807, 2.05) is 43.0 Å². The first-order valence-corrected chi connectivity index (χ1v) is 44.0. The monoisotopic (exact) mass is 1650 g/mol. The smallest absolute Gasteiger partial charge is 0.0722 e. The molecule has 0 aliphatic rings. The topological polar surface area (TPSA) is 90.2 Å². The number of para-hydroxylation sites is 1. The number of pyridine rings is 7. The van der Waals surface area contributed by atoms with Crippen molar-refractivity contribution in [1.29, 1.82) is 0 Å². The second-order valence-corrected chi connectivity index (χ2v) is 33.0. The van der Waals surface area contributed by atoms with E-state index >= 15 is 0 Å². The molecule has 0 spiro atoms. The van der Waals surface area contributed by atoms with Gasteiger partial charge in [-0.1, -0.05) is 340 Å². The number of hydrogen-bond acceptors (Lipinski definition) is 7. The zero-order valence-electron chi connectivity index (χ0n) is 70.7. The van der Waals surface area contributed by atoms with Crippen LogP contribution in [-0.2, 0) is 0 Å². The maximum absolute atomic E-state index is 5.27. The van der Waals surface area contributed by atoms with Crippen molar-refractivity contribution in [2.24, 2.45) is 0 Å². The average Bonchev–Trinajstić information content (AvgIpc) is 0.761. The zero-order chi connectivity index (χ0) is 86.2. The van der Waals surface area contributed by atoms with Gasteiger partial charge in [-0.3, -0.25) is 19.9 Å². The summed E-state index contributed by atoms with van der Waals surface area (Å²) >= 11 is 0. The van der Waals surface area contributed by atoms with Crippen molar-refractivity contribution in [3.05, 3.63) is 480 Å². The number of fused-ring (bicyclic) bond motifs is 10. The third-order valence-corrected chi connectivity index (χ3v) is 25.3. The van der Waals surface area contributed by atoms with E-state index < -0.39 is 0 Å². The summed E-state index contributed by atoms with van der Waals surface area (Å²) in [5.74, 6) is 0. The van der Waals surface area contributed by atoms with Crippen LogP contribution in [-0.4, -0.2) is 34.9 Å². The maximum atomic E-state index is 5.27. The highest BCUT2D eigenvalue weighted by Crippen LogP contribution is 2.45. The van der Waals surface area contributed by atoms with Gasteiger partial charge in [0.2, 0.25) is 0 Å². The van der Waals surface area contributed by atoms with Crippen LogP contribution in [0.15, 0.2) is 480 Å². The largest absolute Gasteiger partial charge is 0.265 e. The standard InChI is InChI=1S/C44H28N2.C40H26N2.C39H25N3/c1-3-13-34-29(9-1)11-7-16-36(34)33-23-24-43-41(27-33)40(28-44(46-43)39-17-8-12-30-10-2-4-14-35(30)39)32-21-19-31(20-22-32)37-25-26-45-42-18-6-5-15-38(37)42;1-3-14-33-28(8-1)10-6-16-35(33)32-18-19-39-38(25-32)37(31-13-5-12-30(24-31)27-20-22-41-23-21-27)26-40(42-39)36-17-7-11-29-9-2-4-15-34(29)36;1-3-11-31-26(7-1)9-5-13-33(31)29-15-18-38-36(23-29)35(30-16-17-37(41-25-30)28-19-21-40-22-20-28)24-39(42-38)34-14-6-10-27-8-2-4-12-32(27)34/h1-28H;1-26H;1-25H. The van der Waals surface area contributed by atoms with Crippen LogP contribution in [0.2, 0.25) is 0 Å². The van der Waals surface area contributed by atoms with Crippen LogP contribution < -0.4 is 0 Å². The Morgan fingerprint density at radius 1 is 0.131 bits per heavy atom. The fourth-order valence-corrected chi connectivity index (χ4v) is 18.9. The normalized spacial score (nSPS) is 11.4. The summed E-state index contributed by atoms with van der Waals surface area (Å²) in [6.45, 7) is 0. The van der Waals surface area contributed by atoms with Gasteiger partial charge in [0, 0.05) is 86.5 Å². The number of nitrogens with zero attached hydrogens (tertiary/aromatic N) is 7.